The normalized spacial score (nSPS) is 12.3. The third-order valence-electron chi connectivity index (χ3n) is 5.22. The average Bonchev–Trinajstić information content (AvgIpc) is 3.12. The summed E-state index contributed by atoms with van der Waals surface area (Å²) in [7, 11) is 0. The lowest BCUT2D eigenvalue weighted by Gasteiger charge is -2.29. The molecule has 1 aliphatic rings. The Labute approximate surface area is 196 Å². The van der Waals surface area contributed by atoms with Gasteiger partial charge in [0.2, 0.25) is 0 Å². The number of non-ortho nitro benzene ring substituents is 2. The zero-order valence-corrected chi connectivity index (χ0v) is 17.7. The van der Waals surface area contributed by atoms with Gasteiger partial charge in [0.05, 0.1) is 21.0 Å². The van der Waals surface area contributed by atoms with Gasteiger partial charge in [0.15, 0.2) is 5.78 Å². The minimum Gasteiger partial charge on any atom is -0.292 e. The number of hydrogen-bond acceptors (Lipinski definition) is 8. The van der Waals surface area contributed by atoms with Gasteiger partial charge in [-0.3, -0.25) is 39.4 Å². The van der Waals surface area contributed by atoms with Gasteiger partial charge in [-0.1, -0.05) is 30.3 Å². The summed E-state index contributed by atoms with van der Waals surface area (Å²) in [5.41, 5.74) is -1.14. The first-order valence-corrected chi connectivity index (χ1v) is 10.0. The van der Waals surface area contributed by atoms with Crippen LogP contribution in [0.4, 0.5) is 11.4 Å². The lowest BCUT2D eigenvalue weighted by atomic mass is 10.1. The molecule has 0 saturated carbocycles. The molecule has 0 atom stereocenters. The molecule has 1 aliphatic heterocycles. The molecule has 4 rings (SSSR count). The quantitative estimate of drug-likeness (QED) is 0.218. The van der Waals surface area contributed by atoms with Gasteiger partial charge in [0.1, 0.15) is 6.54 Å². The van der Waals surface area contributed by atoms with E-state index in [1.54, 1.807) is 0 Å². The summed E-state index contributed by atoms with van der Waals surface area (Å²) in [5.74, 6) is -3.56. The predicted molar refractivity (Wildman–Crippen MR) is 119 cm³/mol. The fraction of sp³-hybridized carbons (Fsp3) is 0.0435. The number of nitrogens with zero attached hydrogens (tertiary/aromatic N) is 4. The van der Waals surface area contributed by atoms with Crippen LogP contribution in [0.5, 0.6) is 0 Å². The fourth-order valence-corrected chi connectivity index (χ4v) is 3.55. The monoisotopic (exact) mass is 474 g/mol. The molecule has 0 fully saturated rings. The highest BCUT2D eigenvalue weighted by Crippen LogP contribution is 2.26. The number of carbonyl (C=O) groups is 4. The molecule has 1 heterocycles. The third-order valence-corrected chi connectivity index (χ3v) is 5.22. The summed E-state index contributed by atoms with van der Waals surface area (Å²) in [4.78, 5) is 73.3. The van der Waals surface area contributed by atoms with Gasteiger partial charge >= 0.3 is 0 Å². The third kappa shape index (κ3) is 4.23. The van der Waals surface area contributed by atoms with E-state index < -0.39 is 45.6 Å². The number of hydrogen-bond donors (Lipinski definition) is 0. The van der Waals surface area contributed by atoms with Crippen LogP contribution < -0.4 is 0 Å². The van der Waals surface area contributed by atoms with E-state index in [1.165, 1.54) is 54.6 Å². The maximum atomic E-state index is 13.4. The molecule has 3 aromatic carbocycles. The lowest BCUT2D eigenvalue weighted by Crippen LogP contribution is -2.51. The largest absolute Gasteiger partial charge is 0.292 e. The van der Waals surface area contributed by atoms with E-state index >= 15 is 0 Å². The SMILES string of the molecule is O=C(CN(C(=O)c1cccc([N+](=O)[O-])c1)N1C(=O)c2ccccc2C1=O)c1cccc([N+](=O)[O-])c1. The second-order valence-electron chi connectivity index (χ2n) is 7.37. The first-order valence-electron chi connectivity index (χ1n) is 10.0. The Hall–Kier alpha value is -5.26. The molecule has 35 heavy (non-hydrogen) atoms. The molecule has 0 spiro atoms. The van der Waals surface area contributed by atoms with Gasteiger partial charge < -0.3 is 0 Å². The Morgan fingerprint density at radius 3 is 1.74 bits per heavy atom. The van der Waals surface area contributed by atoms with Crippen LogP contribution in [0.1, 0.15) is 41.4 Å². The van der Waals surface area contributed by atoms with Crippen LogP contribution in [0.2, 0.25) is 0 Å². The number of benzene rings is 3. The molecule has 0 bridgehead atoms. The van der Waals surface area contributed by atoms with Crippen LogP contribution in [-0.2, 0) is 0 Å². The highest BCUT2D eigenvalue weighted by molar-refractivity contribution is 6.22. The lowest BCUT2D eigenvalue weighted by molar-refractivity contribution is -0.385. The van der Waals surface area contributed by atoms with E-state index in [0.717, 1.165) is 18.2 Å². The van der Waals surface area contributed by atoms with Crippen molar-refractivity contribution in [1.82, 2.24) is 10.0 Å². The van der Waals surface area contributed by atoms with Crippen LogP contribution in [-0.4, -0.2) is 49.9 Å². The topological polar surface area (TPSA) is 161 Å². The summed E-state index contributed by atoms with van der Waals surface area (Å²) in [5, 5.41) is 23.3. The molecule has 0 aromatic heterocycles. The summed E-state index contributed by atoms with van der Waals surface area (Å²) >= 11 is 0. The van der Waals surface area contributed by atoms with Crippen LogP contribution in [0, 0.1) is 20.2 Å². The number of imide groups is 1. The molecule has 12 nitrogen and oxygen atoms in total. The van der Waals surface area contributed by atoms with Crippen molar-refractivity contribution in [2.24, 2.45) is 0 Å². The number of hydrazine groups is 1. The van der Waals surface area contributed by atoms with Crippen molar-refractivity contribution < 1.29 is 29.0 Å². The number of fused-ring (bicyclic) bond motifs is 1. The van der Waals surface area contributed by atoms with E-state index in [4.69, 9.17) is 0 Å². The number of ketones is 1. The summed E-state index contributed by atoms with van der Waals surface area (Å²) < 4.78 is 0. The van der Waals surface area contributed by atoms with Crippen molar-refractivity contribution in [2.75, 3.05) is 6.54 Å². The molecule has 3 amide bonds. The molecule has 12 heteroatoms. The molecule has 0 N–H and O–H groups in total. The minimum atomic E-state index is -1.03. The second-order valence-corrected chi connectivity index (χ2v) is 7.37. The standard InChI is InChI=1S/C23H14N4O8/c28-20(14-5-3-7-16(11-14)26(32)33)13-24(21(29)15-6-4-8-17(12-15)27(34)35)25-22(30)18-9-1-2-10-19(18)23(25)31/h1-12H,13H2. The first-order chi connectivity index (χ1) is 16.7. The van der Waals surface area contributed by atoms with E-state index in [-0.39, 0.29) is 27.9 Å². The first kappa shape index (κ1) is 22.9. The van der Waals surface area contributed by atoms with Gasteiger partial charge in [0, 0.05) is 35.4 Å². The molecule has 3 aromatic rings. The van der Waals surface area contributed by atoms with E-state index in [9.17, 15) is 39.4 Å². The van der Waals surface area contributed by atoms with Gasteiger partial charge in [-0.15, -0.1) is 0 Å². The Bertz CT molecular complexity index is 1400. The van der Waals surface area contributed by atoms with Gasteiger partial charge in [-0.2, -0.15) is 5.01 Å². The number of Topliss-reactive ketones (excluding diaryl/α,β-unsaturated/α-hetero) is 1. The van der Waals surface area contributed by atoms with E-state index in [2.05, 4.69) is 0 Å². The van der Waals surface area contributed by atoms with Crippen molar-refractivity contribution >= 4 is 34.9 Å². The van der Waals surface area contributed by atoms with Gasteiger partial charge in [-0.05, 0) is 18.2 Å². The zero-order chi connectivity index (χ0) is 25.3. The summed E-state index contributed by atoms with van der Waals surface area (Å²) in [6.45, 7) is -0.839. The Kier molecular flexibility index (Phi) is 5.85. The average molecular weight is 474 g/mol. The molecule has 0 unspecified atom stereocenters. The van der Waals surface area contributed by atoms with Crippen molar-refractivity contribution in [3.63, 3.8) is 0 Å². The molecular formula is C23H14N4O8. The summed E-state index contributed by atoms with van der Waals surface area (Å²) in [6, 6.07) is 15.1. The number of nitro benzene ring substituents is 2. The zero-order valence-electron chi connectivity index (χ0n) is 17.7. The highest BCUT2D eigenvalue weighted by atomic mass is 16.6. The Balaban J connectivity index is 1.76. The maximum absolute atomic E-state index is 13.4. The molecular weight excluding hydrogens is 460 g/mol. The molecule has 174 valence electrons. The van der Waals surface area contributed by atoms with Crippen molar-refractivity contribution in [3.05, 3.63) is 115 Å². The van der Waals surface area contributed by atoms with E-state index in [0.29, 0.717) is 10.0 Å². The van der Waals surface area contributed by atoms with Crippen LogP contribution in [0.15, 0.2) is 72.8 Å². The van der Waals surface area contributed by atoms with E-state index in [1.807, 2.05) is 0 Å². The van der Waals surface area contributed by atoms with Gasteiger partial charge in [0.25, 0.3) is 29.1 Å². The molecule has 0 saturated heterocycles. The van der Waals surface area contributed by atoms with Gasteiger partial charge in [-0.25, -0.2) is 5.01 Å². The number of rotatable bonds is 7. The molecule has 0 aliphatic carbocycles. The number of carbonyl (C=O) groups excluding carboxylic acids is 4. The Morgan fingerprint density at radius 1 is 0.743 bits per heavy atom. The van der Waals surface area contributed by atoms with Crippen LogP contribution in [0.3, 0.4) is 0 Å². The molecule has 0 radical (unpaired) electrons. The Morgan fingerprint density at radius 2 is 1.23 bits per heavy atom. The van der Waals surface area contributed by atoms with Crippen molar-refractivity contribution in [3.8, 4) is 0 Å². The predicted octanol–water partition coefficient (Wildman–Crippen LogP) is 3.04. The van der Waals surface area contributed by atoms with Crippen molar-refractivity contribution in [2.45, 2.75) is 0 Å². The maximum Gasteiger partial charge on any atom is 0.280 e. The smallest absolute Gasteiger partial charge is 0.280 e. The number of nitro groups is 2. The number of amides is 3. The highest BCUT2D eigenvalue weighted by Gasteiger charge is 2.42. The van der Waals surface area contributed by atoms with Crippen molar-refractivity contribution in [1.29, 1.82) is 0 Å². The fourth-order valence-electron chi connectivity index (χ4n) is 3.55. The van der Waals surface area contributed by atoms with Crippen LogP contribution in [0.25, 0.3) is 0 Å². The minimum absolute atomic E-state index is 0.0112. The summed E-state index contributed by atoms with van der Waals surface area (Å²) in [6.07, 6.45) is 0. The van der Waals surface area contributed by atoms with Crippen LogP contribution >= 0.6 is 0 Å². The second kappa shape index (κ2) is 8.94.